The summed E-state index contributed by atoms with van der Waals surface area (Å²) in [6.07, 6.45) is 3.30. The monoisotopic (exact) mass is 490 g/mol. The molecule has 0 unspecified atom stereocenters. The van der Waals surface area contributed by atoms with E-state index >= 15 is 0 Å². The Morgan fingerprint density at radius 2 is 1.88 bits per heavy atom. The Kier molecular flexibility index (Phi) is 8.39. The number of thiophene rings is 1. The third-order valence-corrected chi connectivity index (χ3v) is 8.58. The topological polar surface area (TPSA) is 102 Å². The number of carbonyl (C=O) groups excluding carboxylic acids is 3. The molecular weight excluding hydrogens is 460 g/mol. The predicted molar refractivity (Wildman–Crippen MR) is 133 cm³/mol. The molecule has 0 spiro atoms. The van der Waals surface area contributed by atoms with Crippen molar-refractivity contribution in [3.63, 3.8) is 0 Å². The summed E-state index contributed by atoms with van der Waals surface area (Å²) in [5.41, 5.74) is 3.40. The van der Waals surface area contributed by atoms with Crippen molar-refractivity contribution in [3.05, 3.63) is 41.3 Å². The third-order valence-electron chi connectivity index (χ3n) is 5.50. The molecule has 4 amide bonds. The summed E-state index contributed by atoms with van der Waals surface area (Å²) in [5, 5.41) is 11.9. The summed E-state index contributed by atoms with van der Waals surface area (Å²) in [5.74, 6) is 0.337. The van der Waals surface area contributed by atoms with Crippen molar-refractivity contribution < 1.29 is 19.6 Å². The van der Waals surface area contributed by atoms with E-state index in [0.717, 1.165) is 40.3 Å². The Labute approximate surface area is 202 Å². The Morgan fingerprint density at radius 3 is 2.55 bits per heavy atom. The SMILES string of the molecule is CN(C)C(=O)N(C)CC(=O)Nc1cccc(-c2ccc([C@@]3(CC(=O)NO)CCCCS3)s2)c1. The number of nitrogens with one attached hydrogen (secondary N) is 2. The van der Waals surface area contributed by atoms with E-state index in [-0.39, 0.29) is 35.6 Å². The van der Waals surface area contributed by atoms with Gasteiger partial charge in [-0.05, 0) is 48.4 Å². The summed E-state index contributed by atoms with van der Waals surface area (Å²) in [4.78, 5) is 41.3. The summed E-state index contributed by atoms with van der Waals surface area (Å²) in [7, 11) is 4.87. The van der Waals surface area contributed by atoms with Gasteiger partial charge in [0.25, 0.3) is 0 Å². The number of rotatable bonds is 7. The molecule has 10 heteroatoms. The van der Waals surface area contributed by atoms with Crippen molar-refractivity contribution >= 4 is 46.6 Å². The fourth-order valence-electron chi connectivity index (χ4n) is 3.89. The van der Waals surface area contributed by atoms with Gasteiger partial charge in [-0.25, -0.2) is 10.3 Å². The zero-order chi connectivity index (χ0) is 24.0. The maximum absolute atomic E-state index is 12.4. The average Bonchev–Trinajstić information content (AvgIpc) is 3.30. The maximum Gasteiger partial charge on any atom is 0.319 e. The summed E-state index contributed by atoms with van der Waals surface area (Å²) in [6, 6.07) is 11.4. The summed E-state index contributed by atoms with van der Waals surface area (Å²) in [6.45, 7) is -0.0446. The Hall–Kier alpha value is -2.56. The first kappa shape index (κ1) is 25.1. The molecule has 1 saturated heterocycles. The van der Waals surface area contributed by atoms with Gasteiger partial charge in [0.15, 0.2) is 0 Å². The number of hydrogen-bond donors (Lipinski definition) is 3. The van der Waals surface area contributed by atoms with Crippen LogP contribution in [0.5, 0.6) is 0 Å². The Balaban J connectivity index is 1.75. The van der Waals surface area contributed by atoms with Crippen LogP contribution in [0.3, 0.4) is 0 Å². The first-order chi connectivity index (χ1) is 15.7. The predicted octanol–water partition coefficient (Wildman–Crippen LogP) is 3.97. The van der Waals surface area contributed by atoms with E-state index < -0.39 is 0 Å². The molecule has 178 valence electrons. The standard InChI is InChI=1S/C23H30N4O4S2/c1-26(2)22(30)27(3)15-21(29)24-17-8-6-7-16(13-17)18-9-10-19(33-18)23(14-20(28)25-31)11-4-5-12-32-23/h6-10,13,31H,4-5,11-12,14-15H2,1-3H3,(H,24,29)(H,25,28)/t23-/m0/s1. The quantitative estimate of drug-likeness (QED) is 0.403. The number of likely N-dealkylation sites (N-methyl/N-ethyl adjacent to an activating group) is 1. The minimum Gasteiger partial charge on any atom is -0.331 e. The Morgan fingerprint density at radius 1 is 1.09 bits per heavy atom. The molecule has 0 radical (unpaired) electrons. The lowest BCUT2D eigenvalue weighted by Gasteiger charge is -2.35. The molecular formula is C23H30N4O4S2. The van der Waals surface area contributed by atoms with E-state index in [1.165, 1.54) is 9.80 Å². The Bertz CT molecular complexity index is 1000. The van der Waals surface area contributed by atoms with Crippen molar-refractivity contribution in [2.75, 3.05) is 38.8 Å². The van der Waals surface area contributed by atoms with Crippen molar-refractivity contribution in [1.29, 1.82) is 0 Å². The number of thioether (sulfide) groups is 1. The molecule has 1 aliphatic heterocycles. The molecule has 2 aromatic rings. The van der Waals surface area contributed by atoms with E-state index in [0.29, 0.717) is 5.69 Å². The van der Waals surface area contributed by atoms with Crippen LogP contribution in [0.25, 0.3) is 10.4 Å². The fraction of sp³-hybridized carbons (Fsp3) is 0.435. The van der Waals surface area contributed by atoms with Crippen LogP contribution in [0, 0.1) is 0 Å². The first-order valence-corrected chi connectivity index (χ1v) is 12.5. The van der Waals surface area contributed by atoms with Gasteiger partial charge in [0.2, 0.25) is 11.8 Å². The van der Waals surface area contributed by atoms with Crippen LogP contribution < -0.4 is 10.8 Å². The number of nitrogens with zero attached hydrogens (tertiary/aromatic N) is 2. The lowest BCUT2D eigenvalue weighted by molar-refractivity contribution is -0.129. The van der Waals surface area contributed by atoms with Gasteiger partial charge in [-0.3, -0.25) is 14.8 Å². The average molecular weight is 491 g/mol. The number of carbonyl (C=O) groups is 3. The second-order valence-corrected chi connectivity index (χ2v) is 10.9. The third kappa shape index (κ3) is 6.27. The minimum absolute atomic E-state index is 0.0446. The molecule has 1 atom stereocenters. The molecule has 2 heterocycles. The van der Waals surface area contributed by atoms with E-state index in [4.69, 9.17) is 5.21 Å². The molecule has 33 heavy (non-hydrogen) atoms. The highest BCUT2D eigenvalue weighted by Gasteiger charge is 2.38. The number of benzene rings is 1. The van der Waals surface area contributed by atoms with Crippen LogP contribution >= 0.6 is 23.1 Å². The zero-order valence-corrected chi connectivity index (χ0v) is 20.7. The number of hydroxylamine groups is 1. The molecule has 1 aromatic carbocycles. The fourth-order valence-corrected chi connectivity index (χ4v) is 6.77. The molecule has 0 aliphatic carbocycles. The van der Waals surface area contributed by atoms with E-state index in [1.807, 2.05) is 30.3 Å². The summed E-state index contributed by atoms with van der Waals surface area (Å²) >= 11 is 3.42. The minimum atomic E-state index is -0.373. The van der Waals surface area contributed by atoms with E-state index in [2.05, 4.69) is 11.4 Å². The van der Waals surface area contributed by atoms with Crippen molar-refractivity contribution in [2.45, 2.75) is 30.4 Å². The highest BCUT2D eigenvalue weighted by molar-refractivity contribution is 8.00. The highest BCUT2D eigenvalue weighted by Crippen LogP contribution is 2.50. The van der Waals surface area contributed by atoms with Crippen LogP contribution in [0.15, 0.2) is 36.4 Å². The van der Waals surface area contributed by atoms with Crippen molar-refractivity contribution in [2.24, 2.45) is 0 Å². The van der Waals surface area contributed by atoms with E-state index in [1.54, 1.807) is 49.7 Å². The number of urea groups is 1. The normalized spacial score (nSPS) is 17.8. The summed E-state index contributed by atoms with van der Waals surface area (Å²) < 4.78 is -0.330. The van der Waals surface area contributed by atoms with Gasteiger partial charge >= 0.3 is 6.03 Å². The lowest BCUT2D eigenvalue weighted by atomic mass is 9.94. The van der Waals surface area contributed by atoms with Gasteiger partial charge in [0, 0.05) is 43.0 Å². The molecule has 8 nitrogen and oxygen atoms in total. The largest absolute Gasteiger partial charge is 0.331 e. The second-order valence-electron chi connectivity index (χ2n) is 8.34. The van der Waals surface area contributed by atoms with Crippen LogP contribution in [0.4, 0.5) is 10.5 Å². The van der Waals surface area contributed by atoms with E-state index in [9.17, 15) is 14.4 Å². The van der Waals surface area contributed by atoms with Gasteiger partial charge in [-0.15, -0.1) is 23.1 Å². The van der Waals surface area contributed by atoms with Gasteiger partial charge in [-0.1, -0.05) is 18.6 Å². The number of amides is 4. The smallest absolute Gasteiger partial charge is 0.319 e. The van der Waals surface area contributed by atoms with Gasteiger partial charge in [0.05, 0.1) is 4.75 Å². The van der Waals surface area contributed by atoms with Gasteiger partial charge < -0.3 is 15.1 Å². The number of anilines is 1. The van der Waals surface area contributed by atoms with Crippen LogP contribution in [0.1, 0.15) is 30.6 Å². The zero-order valence-electron chi connectivity index (χ0n) is 19.1. The molecule has 3 N–H and O–H groups in total. The van der Waals surface area contributed by atoms with Crippen molar-refractivity contribution in [1.82, 2.24) is 15.3 Å². The number of hydrogen-bond acceptors (Lipinski definition) is 6. The molecule has 0 saturated carbocycles. The van der Waals surface area contributed by atoms with Crippen molar-refractivity contribution in [3.8, 4) is 10.4 Å². The molecule has 1 aromatic heterocycles. The molecule has 3 rings (SSSR count). The van der Waals surface area contributed by atoms with Crippen LogP contribution in [-0.4, -0.2) is 66.3 Å². The van der Waals surface area contributed by atoms with Gasteiger partial charge in [-0.2, -0.15) is 0 Å². The maximum atomic E-state index is 12.4. The highest BCUT2D eigenvalue weighted by atomic mass is 32.2. The van der Waals surface area contributed by atoms with Gasteiger partial charge in [0.1, 0.15) is 6.54 Å². The van der Waals surface area contributed by atoms with Crippen LogP contribution in [0.2, 0.25) is 0 Å². The second kappa shape index (κ2) is 11.0. The molecule has 1 fully saturated rings. The molecule has 1 aliphatic rings. The lowest BCUT2D eigenvalue weighted by Crippen LogP contribution is -2.40. The first-order valence-electron chi connectivity index (χ1n) is 10.7. The molecule has 0 bridgehead atoms. The van der Waals surface area contributed by atoms with Crippen LogP contribution in [-0.2, 0) is 14.3 Å².